The molecule has 0 aliphatic carbocycles. The molecule has 0 saturated heterocycles. The number of carbonyl (C=O) groups excluding carboxylic acids is 1. The number of benzene rings is 2. The summed E-state index contributed by atoms with van der Waals surface area (Å²) in [5.41, 5.74) is 2.10. The molecule has 2 aromatic carbocycles. The summed E-state index contributed by atoms with van der Waals surface area (Å²) in [4.78, 5) is 26.5. The molecule has 1 N–H and O–H groups in total. The Hall–Kier alpha value is -3.75. The van der Waals surface area contributed by atoms with Crippen LogP contribution in [-0.2, 0) is 11.0 Å². The van der Waals surface area contributed by atoms with Crippen molar-refractivity contribution in [3.05, 3.63) is 66.1 Å². The molecule has 1 aliphatic rings. The largest absolute Gasteiger partial charge is 0.418 e. The lowest BCUT2D eigenvalue weighted by molar-refractivity contribution is -0.137. The normalized spacial score (nSPS) is 13.7. The first-order valence-corrected chi connectivity index (χ1v) is 9.39. The highest BCUT2D eigenvalue weighted by Gasteiger charge is 2.35. The number of hydrogen-bond acceptors (Lipinski definition) is 5. The Kier molecular flexibility index (Phi) is 5.18. The van der Waals surface area contributed by atoms with Crippen LogP contribution in [-0.4, -0.2) is 35.7 Å². The smallest absolute Gasteiger partial charge is 0.377 e. The fourth-order valence-corrected chi connectivity index (χ4v) is 3.38. The van der Waals surface area contributed by atoms with Gasteiger partial charge in [-0.15, -0.1) is 0 Å². The SMILES string of the molecule is CN(C)c1cc2c(cc1C(F)(F)F)NC(=O)CC(c1cccc(-c3ccncn3)c1)=N2. The monoisotopic (exact) mass is 425 g/mol. The Bertz CT molecular complexity index is 1170. The standard InChI is InChI=1S/C22H18F3N5O/c1-30(2)20-10-19-18(9-15(20)22(23,24)25)29-21(31)11-17(28-19)14-5-3-4-13(8-14)16-6-7-26-12-27-16/h3-10,12H,11H2,1-2H3,(H,29,31). The van der Waals surface area contributed by atoms with Crippen molar-refractivity contribution in [2.75, 3.05) is 24.3 Å². The fraction of sp³-hybridized carbons (Fsp3) is 0.182. The summed E-state index contributed by atoms with van der Waals surface area (Å²) in [7, 11) is 3.06. The van der Waals surface area contributed by atoms with Gasteiger partial charge in [0, 0.05) is 25.9 Å². The number of hydrogen-bond donors (Lipinski definition) is 1. The van der Waals surface area contributed by atoms with Crippen molar-refractivity contribution in [1.29, 1.82) is 0 Å². The van der Waals surface area contributed by atoms with E-state index < -0.39 is 17.6 Å². The van der Waals surface area contributed by atoms with Crippen LogP contribution in [0.3, 0.4) is 0 Å². The van der Waals surface area contributed by atoms with Gasteiger partial charge in [-0.1, -0.05) is 18.2 Å². The molecule has 0 bridgehead atoms. The zero-order chi connectivity index (χ0) is 22.2. The predicted octanol–water partition coefficient (Wildman–Crippen LogP) is 4.69. The number of aliphatic imine (C=N–C) groups is 1. The van der Waals surface area contributed by atoms with E-state index in [0.29, 0.717) is 17.0 Å². The molecule has 1 aliphatic heterocycles. The number of alkyl halides is 3. The maximum Gasteiger partial charge on any atom is 0.418 e. The summed E-state index contributed by atoms with van der Waals surface area (Å²) < 4.78 is 40.6. The van der Waals surface area contributed by atoms with E-state index in [2.05, 4.69) is 20.3 Å². The van der Waals surface area contributed by atoms with Gasteiger partial charge < -0.3 is 10.2 Å². The van der Waals surface area contributed by atoms with Crippen LogP contribution in [0.2, 0.25) is 0 Å². The number of rotatable bonds is 3. The second-order valence-electron chi connectivity index (χ2n) is 7.24. The average Bonchev–Trinajstić information content (AvgIpc) is 2.90. The second-order valence-corrected chi connectivity index (χ2v) is 7.24. The minimum absolute atomic E-state index is 0.0276. The molecule has 4 rings (SSSR count). The quantitative estimate of drug-likeness (QED) is 0.661. The summed E-state index contributed by atoms with van der Waals surface area (Å²) in [6, 6.07) is 11.4. The molecule has 31 heavy (non-hydrogen) atoms. The number of halogens is 3. The number of fused-ring (bicyclic) bond motifs is 1. The number of aromatic nitrogens is 2. The van der Waals surface area contributed by atoms with Crippen molar-refractivity contribution in [2.45, 2.75) is 12.6 Å². The van der Waals surface area contributed by atoms with Gasteiger partial charge in [-0.3, -0.25) is 9.79 Å². The first kappa shape index (κ1) is 20.5. The molecule has 0 spiro atoms. The van der Waals surface area contributed by atoms with E-state index in [9.17, 15) is 18.0 Å². The number of nitrogens with zero attached hydrogens (tertiary/aromatic N) is 4. The molecule has 0 atom stereocenters. The van der Waals surface area contributed by atoms with Gasteiger partial charge in [-0.25, -0.2) is 9.97 Å². The van der Waals surface area contributed by atoms with E-state index in [4.69, 9.17) is 0 Å². The molecule has 1 amide bonds. The number of anilines is 2. The molecule has 158 valence electrons. The molecule has 2 heterocycles. The van der Waals surface area contributed by atoms with Crippen LogP contribution in [0, 0.1) is 0 Å². The fourth-order valence-electron chi connectivity index (χ4n) is 3.38. The van der Waals surface area contributed by atoms with Crippen LogP contribution in [0.25, 0.3) is 11.3 Å². The summed E-state index contributed by atoms with van der Waals surface area (Å²) in [5.74, 6) is -0.435. The van der Waals surface area contributed by atoms with Crippen LogP contribution in [0.5, 0.6) is 0 Å². The lowest BCUT2D eigenvalue weighted by Gasteiger charge is -2.21. The molecule has 3 aromatic rings. The van der Waals surface area contributed by atoms with Crippen molar-refractivity contribution in [3.8, 4) is 11.3 Å². The molecule has 1 aromatic heterocycles. The van der Waals surface area contributed by atoms with Gasteiger partial charge in [0.05, 0.1) is 40.5 Å². The van der Waals surface area contributed by atoms with E-state index in [1.165, 1.54) is 31.4 Å². The molecular formula is C22H18F3N5O. The molecule has 0 unspecified atom stereocenters. The summed E-state index contributed by atoms with van der Waals surface area (Å²) in [6.07, 6.45) is -1.57. The van der Waals surface area contributed by atoms with Crippen molar-refractivity contribution < 1.29 is 18.0 Å². The molecule has 6 nitrogen and oxygen atoms in total. The average molecular weight is 425 g/mol. The lowest BCUT2D eigenvalue weighted by Crippen LogP contribution is -2.18. The van der Waals surface area contributed by atoms with Gasteiger partial charge in [-0.2, -0.15) is 13.2 Å². The number of carbonyl (C=O) groups is 1. The third kappa shape index (κ3) is 4.25. The zero-order valence-electron chi connectivity index (χ0n) is 16.7. The van der Waals surface area contributed by atoms with Crippen LogP contribution in [0.1, 0.15) is 17.5 Å². The van der Waals surface area contributed by atoms with Crippen LogP contribution in [0.4, 0.5) is 30.2 Å². The molecule has 0 saturated carbocycles. The Balaban J connectivity index is 1.83. The molecule has 0 fully saturated rings. The topological polar surface area (TPSA) is 70.5 Å². The summed E-state index contributed by atoms with van der Waals surface area (Å²) in [5, 5.41) is 2.55. The molecular weight excluding hydrogens is 407 g/mol. The van der Waals surface area contributed by atoms with E-state index in [1.54, 1.807) is 18.3 Å². The Morgan fingerprint density at radius 3 is 2.52 bits per heavy atom. The highest BCUT2D eigenvalue weighted by Crippen LogP contribution is 2.42. The van der Waals surface area contributed by atoms with Crippen LogP contribution < -0.4 is 10.2 Å². The van der Waals surface area contributed by atoms with Crippen molar-refractivity contribution in [2.24, 2.45) is 4.99 Å². The van der Waals surface area contributed by atoms with E-state index in [0.717, 1.165) is 11.6 Å². The Labute approximate surface area is 176 Å². The highest BCUT2D eigenvalue weighted by atomic mass is 19.4. The highest BCUT2D eigenvalue weighted by molar-refractivity contribution is 6.17. The van der Waals surface area contributed by atoms with Crippen molar-refractivity contribution in [3.63, 3.8) is 0 Å². The lowest BCUT2D eigenvalue weighted by atomic mass is 10.0. The third-order valence-electron chi connectivity index (χ3n) is 4.83. The minimum atomic E-state index is -4.57. The van der Waals surface area contributed by atoms with E-state index >= 15 is 0 Å². The first-order chi connectivity index (χ1) is 14.7. The van der Waals surface area contributed by atoms with Gasteiger partial charge in [0.15, 0.2) is 0 Å². The van der Waals surface area contributed by atoms with E-state index in [1.807, 2.05) is 18.2 Å². The van der Waals surface area contributed by atoms with Crippen LogP contribution in [0.15, 0.2) is 60.0 Å². The van der Waals surface area contributed by atoms with Gasteiger partial charge in [0.25, 0.3) is 0 Å². The number of nitrogens with one attached hydrogen (secondary N) is 1. The third-order valence-corrected chi connectivity index (χ3v) is 4.83. The van der Waals surface area contributed by atoms with Gasteiger partial charge in [0.2, 0.25) is 5.91 Å². The maximum absolute atomic E-state index is 13.5. The Morgan fingerprint density at radius 1 is 1.06 bits per heavy atom. The van der Waals surface area contributed by atoms with E-state index in [-0.39, 0.29) is 23.5 Å². The van der Waals surface area contributed by atoms with Gasteiger partial charge in [0.1, 0.15) is 6.33 Å². The van der Waals surface area contributed by atoms with Crippen LogP contribution >= 0.6 is 0 Å². The Morgan fingerprint density at radius 2 is 1.84 bits per heavy atom. The number of amides is 1. The molecule has 9 heteroatoms. The van der Waals surface area contributed by atoms with Crippen molar-refractivity contribution in [1.82, 2.24) is 9.97 Å². The minimum Gasteiger partial charge on any atom is -0.377 e. The van der Waals surface area contributed by atoms with Gasteiger partial charge >= 0.3 is 6.18 Å². The zero-order valence-corrected chi connectivity index (χ0v) is 16.7. The molecule has 0 radical (unpaired) electrons. The maximum atomic E-state index is 13.5. The van der Waals surface area contributed by atoms with Gasteiger partial charge in [-0.05, 0) is 29.8 Å². The van der Waals surface area contributed by atoms with Crippen molar-refractivity contribution >= 4 is 28.7 Å². The first-order valence-electron chi connectivity index (χ1n) is 9.39. The predicted molar refractivity (Wildman–Crippen MR) is 113 cm³/mol. The second kappa shape index (κ2) is 7.82. The summed E-state index contributed by atoms with van der Waals surface area (Å²) >= 11 is 0. The summed E-state index contributed by atoms with van der Waals surface area (Å²) in [6.45, 7) is 0.